The summed E-state index contributed by atoms with van der Waals surface area (Å²) in [5.74, 6) is 1.15. The van der Waals surface area contributed by atoms with Crippen LogP contribution in [0.25, 0.3) is 0 Å². The summed E-state index contributed by atoms with van der Waals surface area (Å²) < 4.78 is 11.1. The van der Waals surface area contributed by atoms with Gasteiger partial charge in [0.15, 0.2) is 0 Å². The Labute approximate surface area is 142 Å². The molecule has 0 aliphatic heterocycles. The number of carbonyl (C=O) groups is 1. The molecule has 0 aliphatic rings. The average molecular weight is 326 g/mol. The van der Waals surface area contributed by atoms with Crippen molar-refractivity contribution in [3.8, 4) is 11.5 Å². The molecule has 0 unspecified atom stereocenters. The van der Waals surface area contributed by atoms with Crippen molar-refractivity contribution in [2.24, 2.45) is 5.10 Å². The molecule has 5 heteroatoms. The highest BCUT2D eigenvalue weighted by Gasteiger charge is 2.06. The number of aryl methyl sites for hydroxylation is 1. The lowest BCUT2D eigenvalue weighted by Gasteiger charge is -2.10. The lowest BCUT2D eigenvalue weighted by atomic mass is 10.1. The van der Waals surface area contributed by atoms with Crippen LogP contribution in [0.4, 0.5) is 0 Å². The fraction of sp³-hybridized carbons (Fsp3) is 0.263. The summed E-state index contributed by atoms with van der Waals surface area (Å²) in [6, 6.07) is 12.8. The minimum atomic E-state index is -0.254. The summed E-state index contributed by atoms with van der Waals surface area (Å²) in [6.45, 7) is 6.93. The molecule has 0 saturated carbocycles. The molecule has 1 N–H and O–H groups in total. The highest BCUT2D eigenvalue weighted by molar-refractivity contribution is 5.95. The first-order valence-electron chi connectivity index (χ1n) is 7.93. The minimum Gasteiger partial charge on any atom is -0.494 e. The summed E-state index contributed by atoms with van der Waals surface area (Å²) in [4.78, 5) is 12.0. The second-order valence-corrected chi connectivity index (χ2v) is 5.13. The zero-order valence-electron chi connectivity index (χ0n) is 14.2. The van der Waals surface area contributed by atoms with Crippen molar-refractivity contribution in [2.75, 3.05) is 13.2 Å². The maximum atomic E-state index is 12.0. The van der Waals surface area contributed by atoms with Gasteiger partial charge in [-0.2, -0.15) is 5.10 Å². The third-order valence-corrected chi connectivity index (χ3v) is 3.28. The van der Waals surface area contributed by atoms with Crippen molar-refractivity contribution < 1.29 is 14.3 Å². The van der Waals surface area contributed by atoms with Crippen molar-refractivity contribution in [1.29, 1.82) is 0 Å². The Bertz CT molecular complexity index is 709. The molecule has 126 valence electrons. The van der Waals surface area contributed by atoms with Crippen LogP contribution in [0, 0.1) is 6.92 Å². The number of hydrazone groups is 1. The van der Waals surface area contributed by atoms with E-state index in [0.29, 0.717) is 24.5 Å². The Morgan fingerprint density at radius 3 is 2.46 bits per heavy atom. The molecule has 0 radical (unpaired) electrons. The second-order valence-electron chi connectivity index (χ2n) is 5.13. The monoisotopic (exact) mass is 326 g/mol. The van der Waals surface area contributed by atoms with Crippen LogP contribution in [0.3, 0.4) is 0 Å². The van der Waals surface area contributed by atoms with Crippen LogP contribution in [0.15, 0.2) is 47.6 Å². The molecule has 24 heavy (non-hydrogen) atoms. The molecule has 2 aromatic rings. The van der Waals surface area contributed by atoms with Gasteiger partial charge in [0.1, 0.15) is 11.5 Å². The highest BCUT2D eigenvalue weighted by Crippen LogP contribution is 2.23. The quantitative estimate of drug-likeness (QED) is 0.625. The fourth-order valence-corrected chi connectivity index (χ4v) is 2.09. The van der Waals surface area contributed by atoms with E-state index in [2.05, 4.69) is 10.5 Å². The number of nitrogens with zero attached hydrogens (tertiary/aromatic N) is 1. The molecule has 0 aliphatic carbocycles. The summed E-state index contributed by atoms with van der Waals surface area (Å²) in [5.41, 5.74) is 4.95. The van der Waals surface area contributed by atoms with Gasteiger partial charge in [-0.1, -0.05) is 17.7 Å². The first-order chi connectivity index (χ1) is 11.6. The molecule has 0 bridgehead atoms. The van der Waals surface area contributed by atoms with E-state index in [-0.39, 0.29) is 5.91 Å². The molecule has 2 rings (SSSR count). The van der Waals surface area contributed by atoms with Gasteiger partial charge in [0.2, 0.25) is 0 Å². The van der Waals surface area contributed by atoms with Crippen LogP contribution < -0.4 is 14.9 Å². The molecular weight excluding hydrogens is 304 g/mol. The lowest BCUT2D eigenvalue weighted by Crippen LogP contribution is -2.17. The maximum Gasteiger partial charge on any atom is 0.271 e. The topological polar surface area (TPSA) is 59.9 Å². The second kappa shape index (κ2) is 8.72. The van der Waals surface area contributed by atoms with E-state index < -0.39 is 0 Å². The van der Waals surface area contributed by atoms with Crippen LogP contribution in [0.5, 0.6) is 11.5 Å². The zero-order valence-corrected chi connectivity index (χ0v) is 14.2. The zero-order chi connectivity index (χ0) is 17.4. The van der Waals surface area contributed by atoms with Crippen LogP contribution in [0.1, 0.15) is 35.3 Å². The summed E-state index contributed by atoms with van der Waals surface area (Å²) in [7, 11) is 0. The van der Waals surface area contributed by atoms with E-state index in [1.807, 2.05) is 51.1 Å². The van der Waals surface area contributed by atoms with Crippen molar-refractivity contribution >= 4 is 12.1 Å². The van der Waals surface area contributed by atoms with Gasteiger partial charge >= 0.3 is 0 Å². The summed E-state index contributed by atoms with van der Waals surface area (Å²) >= 11 is 0. The van der Waals surface area contributed by atoms with Crippen LogP contribution in [-0.2, 0) is 0 Å². The van der Waals surface area contributed by atoms with Crippen molar-refractivity contribution in [1.82, 2.24) is 5.43 Å². The van der Waals surface area contributed by atoms with Gasteiger partial charge in [0.05, 0.1) is 19.4 Å². The number of hydrogen-bond acceptors (Lipinski definition) is 4. The molecular formula is C19H22N2O3. The van der Waals surface area contributed by atoms with E-state index in [9.17, 15) is 4.79 Å². The lowest BCUT2D eigenvalue weighted by molar-refractivity contribution is 0.0955. The Hall–Kier alpha value is -2.82. The molecule has 0 saturated heterocycles. The molecule has 0 atom stereocenters. The smallest absolute Gasteiger partial charge is 0.271 e. The Kier molecular flexibility index (Phi) is 6.37. The van der Waals surface area contributed by atoms with E-state index in [1.165, 1.54) is 0 Å². The number of amides is 1. The van der Waals surface area contributed by atoms with E-state index in [1.54, 1.807) is 18.3 Å². The van der Waals surface area contributed by atoms with Crippen LogP contribution in [-0.4, -0.2) is 25.3 Å². The number of benzene rings is 2. The fourth-order valence-electron chi connectivity index (χ4n) is 2.09. The third-order valence-electron chi connectivity index (χ3n) is 3.28. The maximum absolute atomic E-state index is 12.0. The van der Waals surface area contributed by atoms with Crippen LogP contribution >= 0.6 is 0 Å². The van der Waals surface area contributed by atoms with E-state index in [0.717, 1.165) is 16.9 Å². The summed E-state index contributed by atoms with van der Waals surface area (Å²) in [6.07, 6.45) is 1.56. The van der Waals surface area contributed by atoms with Gasteiger partial charge in [0.25, 0.3) is 5.91 Å². The Morgan fingerprint density at radius 1 is 1.08 bits per heavy atom. The first-order valence-corrected chi connectivity index (χ1v) is 7.93. The molecule has 0 fully saturated rings. The number of carbonyl (C=O) groups excluding carboxylic acids is 1. The number of rotatable bonds is 7. The van der Waals surface area contributed by atoms with Gasteiger partial charge in [-0.05, 0) is 45.0 Å². The SMILES string of the molecule is CCOc1ccc(/C=N\NC(=O)c2ccc(C)cc2)c(OCC)c1. The molecule has 0 aromatic heterocycles. The van der Waals surface area contributed by atoms with Crippen molar-refractivity contribution in [3.05, 3.63) is 59.2 Å². The third kappa shape index (κ3) is 4.84. The summed E-state index contributed by atoms with van der Waals surface area (Å²) in [5, 5.41) is 4.01. The Balaban J connectivity index is 2.07. The number of ether oxygens (including phenoxy) is 2. The largest absolute Gasteiger partial charge is 0.494 e. The van der Waals surface area contributed by atoms with Gasteiger partial charge in [-0.25, -0.2) is 5.43 Å². The first kappa shape index (κ1) is 17.5. The number of hydrogen-bond donors (Lipinski definition) is 1. The predicted octanol–water partition coefficient (Wildman–Crippen LogP) is 3.56. The molecule has 0 spiro atoms. The van der Waals surface area contributed by atoms with Gasteiger partial charge < -0.3 is 9.47 Å². The molecule has 5 nitrogen and oxygen atoms in total. The van der Waals surface area contributed by atoms with Crippen LogP contribution in [0.2, 0.25) is 0 Å². The van der Waals surface area contributed by atoms with E-state index in [4.69, 9.17) is 9.47 Å². The van der Waals surface area contributed by atoms with E-state index >= 15 is 0 Å². The minimum absolute atomic E-state index is 0.254. The van der Waals surface area contributed by atoms with Gasteiger partial charge in [-0.3, -0.25) is 4.79 Å². The average Bonchev–Trinajstić information content (AvgIpc) is 2.58. The molecule has 0 heterocycles. The molecule has 2 aromatic carbocycles. The number of nitrogens with one attached hydrogen (secondary N) is 1. The van der Waals surface area contributed by atoms with Crippen molar-refractivity contribution in [3.63, 3.8) is 0 Å². The normalized spacial score (nSPS) is 10.6. The Morgan fingerprint density at radius 2 is 1.79 bits per heavy atom. The highest BCUT2D eigenvalue weighted by atomic mass is 16.5. The van der Waals surface area contributed by atoms with Gasteiger partial charge in [-0.15, -0.1) is 0 Å². The predicted molar refractivity (Wildman–Crippen MR) is 95.0 cm³/mol. The van der Waals surface area contributed by atoms with Gasteiger partial charge in [0, 0.05) is 17.2 Å². The molecule has 1 amide bonds. The van der Waals surface area contributed by atoms with Crippen molar-refractivity contribution in [2.45, 2.75) is 20.8 Å². The standard InChI is InChI=1S/C19H22N2O3/c1-4-23-17-11-10-16(18(12-17)24-5-2)13-20-21-19(22)15-8-6-14(3)7-9-15/h6-13H,4-5H2,1-3H3,(H,21,22)/b20-13-.